The van der Waals surface area contributed by atoms with Crippen molar-refractivity contribution in [1.82, 2.24) is 5.32 Å². The molecule has 9 heteroatoms. The first-order chi connectivity index (χ1) is 15.2. The van der Waals surface area contributed by atoms with E-state index < -0.39 is 23.1 Å². The molecule has 2 aromatic heterocycles. The normalized spacial score (nSPS) is 11.1. The lowest BCUT2D eigenvalue weighted by Crippen LogP contribution is -2.33. The molecule has 0 fully saturated rings. The maximum absolute atomic E-state index is 12.6. The summed E-state index contributed by atoms with van der Waals surface area (Å²) in [7, 11) is 0. The number of ether oxygens (including phenoxy) is 1. The van der Waals surface area contributed by atoms with Gasteiger partial charge < -0.3 is 18.9 Å². The van der Waals surface area contributed by atoms with Gasteiger partial charge in [-0.05, 0) is 56.3 Å². The Morgan fingerprint density at radius 1 is 0.875 bits per heavy atom. The number of carbonyl (C=O) groups is 2. The number of amides is 1. The summed E-state index contributed by atoms with van der Waals surface area (Å²) in [6, 6.07) is 12.0. The second-order valence-corrected chi connectivity index (χ2v) is 8.21. The molecule has 0 saturated heterocycles. The fraction of sp³-hybridized carbons (Fsp3) is 0.130. The Balaban J connectivity index is 1.64. The number of esters is 1. The highest BCUT2D eigenvalue weighted by Crippen LogP contribution is 2.23. The van der Waals surface area contributed by atoms with Crippen LogP contribution in [0.5, 0.6) is 5.75 Å². The Morgan fingerprint density at radius 3 is 2.31 bits per heavy atom. The molecule has 162 valence electrons. The monoisotopic (exact) mass is 497 g/mol. The van der Waals surface area contributed by atoms with Crippen molar-refractivity contribution in [3.63, 3.8) is 0 Å². The first kappa shape index (κ1) is 21.5. The van der Waals surface area contributed by atoms with E-state index in [9.17, 15) is 19.2 Å². The van der Waals surface area contributed by atoms with Crippen LogP contribution in [0.15, 0.2) is 71.4 Å². The third-order valence-corrected chi connectivity index (χ3v) is 4.99. The highest BCUT2D eigenvalue weighted by Gasteiger charge is 2.18. The minimum absolute atomic E-state index is 0.0544. The molecule has 1 N–H and O–H groups in total. The number of halogens is 1. The molecule has 8 nitrogen and oxygen atoms in total. The highest BCUT2D eigenvalue weighted by molar-refractivity contribution is 9.10. The molecule has 2 aromatic carbocycles. The summed E-state index contributed by atoms with van der Waals surface area (Å²) in [5.74, 6) is -1.41. The summed E-state index contributed by atoms with van der Waals surface area (Å²) >= 11 is 3.32. The molecule has 1 amide bonds. The molecule has 4 rings (SSSR count). The summed E-state index contributed by atoms with van der Waals surface area (Å²) in [5, 5.41) is 3.64. The van der Waals surface area contributed by atoms with Gasteiger partial charge in [0.2, 0.25) is 0 Å². The van der Waals surface area contributed by atoms with Gasteiger partial charge in [0.15, 0.2) is 0 Å². The molecule has 0 aliphatic heterocycles. The first-order valence-electron chi connectivity index (χ1n) is 9.55. The molecular formula is C23H16BrNO7. The number of carbonyl (C=O) groups excluding carboxylic acids is 2. The maximum Gasteiger partial charge on any atom is 0.351 e. The SMILES string of the molecule is CC(C)NC(=O)c1cc2ccc(OC(=O)c3cc4cc(Br)ccc4oc3=O)cc2oc1=O. The predicted octanol–water partition coefficient (Wildman–Crippen LogP) is 4.02. The Labute approximate surface area is 188 Å². The van der Waals surface area contributed by atoms with Crippen LogP contribution in [0.25, 0.3) is 21.9 Å². The van der Waals surface area contributed by atoms with Crippen LogP contribution in [0, 0.1) is 0 Å². The predicted molar refractivity (Wildman–Crippen MR) is 120 cm³/mol. The molecule has 0 radical (unpaired) electrons. The van der Waals surface area contributed by atoms with Crippen LogP contribution in [0.1, 0.15) is 34.6 Å². The Morgan fingerprint density at radius 2 is 1.56 bits per heavy atom. The summed E-state index contributed by atoms with van der Waals surface area (Å²) in [4.78, 5) is 49.1. The third kappa shape index (κ3) is 4.33. The molecule has 0 bridgehead atoms. The van der Waals surface area contributed by atoms with Gasteiger partial charge in [0.1, 0.15) is 28.0 Å². The molecule has 32 heavy (non-hydrogen) atoms. The quantitative estimate of drug-likeness (QED) is 0.257. The van der Waals surface area contributed by atoms with E-state index in [0.717, 1.165) is 4.47 Å². The van der Waals surface area contributed by atoms with E-state index in [0.29, 0.717) is 16.4 Å². The van der Waals surface area contributed by atoms with E-state index in [4.69, 9.17) is 13.6 Å². The van der Waals surface area contributed by atoms with Gasteiger partial charge in [0.05, 0.1) is 0 Å². The Hall–Kier alpha value is -3.72. The van der Waals surface area contributed by atoms with E-state index in [1.807, 2.05) is 0 Å². The maximum atomic E-state index is 12.6. The lowest BCUT2D eigenvalue weighted by atomic mass is 10.1. The van der Waals surface area contributed by atoms with Crippen molar-refractivity contribution in [2.75, 3.05) is 0 Å². The van der Waals surface area contributed by atoms with E-state index in [1.165, 1.54) is 30.3 Å². The van der Waals surface area contributed by atoms with Crippen molar-refractivity contribution >= 4 is 49.7 Å². The van der Waals surface area contributed by atoms with E-state index in [2.05, 4.69) is 21.2 Å². The van der Waals surface area contributed by atoms with Crippen LogP contribution >= 0.6 is 15.9 Å². The fourth-order valence-electron chi connectivity index (χ4n) is 3.05. The van der Waals surface area contributed by atoms with E-state index in [1.54, 1.807) is 32.0 Å². The van der Waals surface area contributed by atoms with Crippen molar-refractivity contribution in [3.05, 3.63) is 85.0 Å². The Bertz CT molecular complexity index is 1500. The molecule has 4 aromatic rings. The molecular weight excluding hydrogens is 482 g/mol. The number of rotatable bonds is 4. The van der Waals surface area contributed by atoms with Crippen LogP contribution in [0.2, 0.25) is 0 Å². The molecule has 0 aliphatic rings. The van der Waals surface area contributed by atoms with Crippen molar-refractivity contribution in [2.24, 2.45) is 0 Å². The average Bonchev–Trinajstić information content (AvgIpc) is 2.72. The third-order valence-electron chi connectivity index (χ3n) is 4.50. The van der Waals surface area contributed by atoms with Gasteiger partial charge in [-0.1, -0.05) is 15.9 Å². The zero-order valence-electron chi connectivity index (χ0n) is 16.9. The lowest BCUT2D eigenvalue weighted by Gasteiger charge is -2.08. The van der Waals surface area contributed by atoms with E-state index >= 15 is 0 Å². The topological polar surface area (TPSA) is 116 Å². The van der Waals surface area contributed by atoms with Gasteiger partial charge >= 0.3 is 17.2 Å². The number of benzene rings is 2. The van der Waals surface area contributed by atoms with Gasteiger partial charge in [-0.2, -0.15) is 0 Å². The van der Waals surface area contributed by atoms with Gasteiger partial charge in [-0.3, -0.25) is 4.79 Å². The fourth-order valence-corrected chi connectivity index (χ4v) is 3.43. The lowest BCUT2D eigenvalue weighted by molar-refractivity contribution is 0.0730. The summed E-state index contributed by atoms with van der Waals surface area (Å²) in [6.45, 7) is 3.55. The molecule has 0 saturated carbocycles. The Kier molecular flexibility index (Phi) is 5.67. The van der Waals surface area contributed by atoms with Crippen LogP contribution in [-0.2, 0) is 0 Å². The van der Waals surface area contributed by atoms with Crippen molar-refractivity contribution in [3.8, 4) is 5.75 Å². The average molecular weight is 498 g/mol. The molecule has 0 spiro atoms. The van der Waals surface area contributed by atoms with Crippen LogP contribution in [0.4, 0.5) is 0 Å². The van der Waals surface area contributed by atoms with Gasteiger partial charge in [0.25, 0.3) is 5.91 Å². The molecule has 0 unspecified atom stereocenters. The van der Waals surface area contributed by atoms with Crippen LogP contribution in [-0.4, -0.2) is 17.9 Å². The van der Waals surface area contributed by atoms with Crippen molar-refractivity contribution in [2.45, 2.75) is 19.9 Å². The number of nitrogens with one attached hydrogen (secondary N) is 1. The zero-order valence-corrected chi connectivity index (χ0v) is 18.5. The number of hydrogen-bond acceptors (Lipinski definition) is 7. The van der Waals surface area contributed by atoms with Crippen LogP contribution in [0.3, 0.4) is 0 Å². The summed E-state index contributed by atoms with van der Waals surface area (Å²) in [5.41, 5.74) is -1.61. The summed E-state index contributed by atoms with van der Waals surface area (Å²) < 4.78 is 16.4. The van der Waals surface area contributed by atoms with Crippen molar-refractivity contribution in [1.29, 1.82) is 0 Å². The van der Waals surface area contributed by atoms with Gasteiger partial charge in [-0.25, -0.2) is 14.4 Å². The number of fused-ring (bicyclic) bond motifs is 2. The standard InChI is InChI=1S/C23H16BrNO7/c1-11(2)25-20(26)16-8-12-3-5-15(10-19(12)32-21(16)27)30-22(28)17-9-13-7-14(24)4-6-18(13)31-23(17)29/h3-11H,1-2H3,(H,25,26). The first-order valence-corrected chi connectivity index (χ1v) is 10.3. The van der Waals surface area contributed by atoms with Crippen LogP contribution < -0.4 is 21.3 Å². The minimum Gasteiger partial charge on any atom is -0.423 e. The van der Waals surface area contributed by atoms with Crippen molar-refractivity contribution < 1.29 is 23.2 Å². The molecule has 2 heterocycles. The molecule has 0 atom stereocenters. The minimum atomic E-state index is -0.921. The number of hydrogen-bond donors (Lipinski definition) is 1. The van der Waals surface area contributed by atoms with Gasteiger partial charge in [0, 0.05) is 27.4 Å². The van der Waals surface area contributed by atoms with Gasteiger partial charge in [-0.15, -0.1) is 0 Å². The zero-order chi connectivity index (χ0) is 23.0. The largest absolute Gasteiger partial charge is 0.423 e. The second-order valence-electron chi connectivity index (χ2n) is 7.29. The smallest absolute Gasteiger partial charge is 0.351 e. The highest BCUT2D eigenvalue weighted by atomic mass is 79.9. The summed E-state index contributed by atoms with van der Waals surface area (Å²) in [6.07, 6.45) is 0. The molecule has 0 aliphatic carbocycles. The van der Waals surface area contributed by atoms with E-state index in [-0.39, 0.29) is 28.5 Å². The second kappa shape index (κ2) is 8.43.